The molecular formula is C12H13Cl2NO3. The van der Waals surface area contributed by atoms with Gasteiger partial charge in [0.15, 0.2) is 0 Å². The van der Waals surface area contributed by atoms with Gasteiger partial charge < -0.3 is 14.8 Å². The summed E-state index contributed by atoms with van der Waals surface area (Å²) in [7, 11) is 1.37. The van der Waals surface area contributed by atoms with Crippen molar-refractivity contribution < 1.29 is 14.3 Å². The number of hydrogen-bond acceptors (Lipinski definition) is 4. The normalized spacial score (nSPS) is 22.8. The van der Waals surface area contributed by atoms with Gasteiger partial charge in [0, 0.05) is 13.0 Å². The molecule has 98 valence electrons. The lowest BCUT2D eigenvalue weighted by Gasteiger charge is -2.14. The van der Waals surface area contributed by atoms with Crippen molar-refractivity contribution in [3.05, 3.63) is 28.2 Å². The van der Waals surface area contributed by atoms with Crippen LogP contribution < -0.4 is 10.1 Å². The lowest BCUT2D eigenvalue weighted by atomic mass is 10.2. The second kappa shape index (κ2) is 5.78. The van der Waals surface area contributed by atoms with Crippen molar-refractivity contribution in [3.8, 4) is 5.75 Å². The van der Waals surface area contributed by atoms with Crippen LogP contribution in [0.1, 0.15) is 6.42 Å². The number of rotatable bonds is 3. The van der Waals surface area contributed by atoms with E-state index in [0.29, 0.717) is 28.8 Å². The molecule has 0 aromatic heterocycles. The zero-order chi connectivity index (χ0) is 13.1. The molecule has 0 saturated carbocycles. The van der Waals surface area contributed by atoms with Gasteiger partial charge in [-0.3, -0.25) is 4.79 Å². The number of nitrogens with one attached hydrogen (secondary N) is 1. The molecule has 4 nitrogen and oxygen atoms in total. The van der Waals surface area contributed by atoms with Crippen LogP contribution >= 0.6 is 23.2 Å². The highest BCUT2D eigenvalue weighted by Crippen LogP contribution is 2.32. The molecule has 6 heteroatoms. The number of carbonyl (C=O) groups is 1. The van der Waals surface area contributed by atoms with Gasteiger partial charge in [-0.15, -0.1) is 0 Å². The third-order valence-electron chi connectivity index (χ3n) is 2.79. The second-order valence-corrected chi connectivity index (χ2v) is 4.80. The summed E-state index contributed by atoms with van der Waals surface area (Å²) in [5, 5.41) is 3.87. The minimum Gasteiger partial charge on any atom is -0.487 e. The van der Waals surface area contributed by atoms with Crippen LogP contribution in [0.3, 0.4) is 0 Å². The third-order valence-corrected chi connectivity index (χ3v) is 3.59. The van der Waals surface area contributed by atoms with Crippen molar-refractivity contribution in [2.45, 2.75) is 18.6 Å². The number of ether oxygens (including phenoxy) is 2. The molecule has 1 aliphatic rings. The van der Waals surface area contributed by atoms with Gasteiger partial charge in [0.05, 0.1) is 12.1 Å². The van der Waals surface area contributed by atoms with Crippen LogP contribution in [0.5, 0.6) is 5.75 Å². The Kier molecular flexibility index (Phi) is 4.32. The van der Waals surface area contributed by atoms with E-state index in [2.05, 4.69) is 10.1 Å². The molecule has 0 amide bonds. The SMILES string of the molecule is COC(=O)[C@@H]1C[C@H](Oc2cccc(Cl)c2Cl)CN1. The Morgan fingerprint density at radius 3 is 2.94 bits per heavy atom. The highest BCUT2D eigenvalue weighted by atomic mass is 35.5. The zero-order valence-electron chi connectivity index (χ0n) is 9.78. The Hall–Kier alpha value is -0.970. The molecule has 0 unspecified atom stereocenters. The summed E-state index contributed by atoms with van der Waals surface area (Å²) in [6.45, 7) is 0.572. The van der Waals surface area contributed by atoms with E-state index in [4.69, 9.17) is 27.9 Å². The minimum atomic E-state index is -0.321. The predicted molar refractivity (Wildman–Crippen MR) is 69.3 cm³/mol. The fourth-order valence-electron chi connectivity index (χ4n) is 1.87. The van der Waals surface area contributed by atoms with Crippen molar-refractivity contribution in [1.82, 2.24) is 5.32 Å². The first-order valence-corrected chi connectivity index (χ1v) is 6.29. The molecule has 0 bridgehead atoms. The number of benzene rings is 1. The van der Waals surface area contributed by atoms with Crippen molar-refractivity contribution >= 4 is 29.2 Å². The van der Waals surface area contributed by atoms with E-state index in [-0.39, 0.29) is 18.1 Å². The van der Waals surface area contributed by atoms with Crippen LogP contribution in [0, 0.1) is 0 Å². The summed E-state index contributed by atoms with van der Waals surface area (Å²) >= 11 is 11.9. The van der Waals surface area contributed by atoms with Gasteiger partial charge in [-0.25, -0.2) is 0 Å². The predicted octanol–water partition coefficient (Wildman–Crippen LogP) is 2.28. The van der Waals surface area contributed by atoms with Gasteiger partial charge >= 0.3 is 5.97 Å². The Bertz CT molecular complexity index is 453. The molecule has 1 aromatic rings. The summed E-state index contributed by atoms with van der Waals surface area (Å²) in [4.78, 5) is 11.3. The van der Waals surface area contributed by atoms with Crippen LogP contribution in [0.15, 0.2) is 18.2 Å². The van der Waals surface area contributed by atoms with Crippen LogP contribution in [0.2, 0.25) is 10.0 Å². The van der Waals surface area contributed by atoms with Crippen LogP contribution in [0.25, 0.3) is 0 Å². The summed E-state index contributed by atoms with van der Waals surface area (Å²) in [5.41, 5.74) is 0. The molecule has 1 aromatic carbocycles. The second-order valence-electron chi connectivity index (χ2n) is 4.01. The van der Waals surface area contributed by atoms with Crippen molar-refractivity contribution in [1.29, 1.82) is 0 Å². The smallest absolute Gasteiger partial charge is 0.323 e. The van der Waals surface area contributed by atoms with Gasteiger partial charge in [0.1, 0.15) is 22.9 Å². The van der Waals surface area contributed by atoms with Crippen molar-refractivity contribution in [2.75, 3.05) is 13.7 Å². The topological polar surface area (TPSA) is 47.6 Å². The number of esters is 1. The molecule has 1 fully saturated rings. The number of methoxy groups -OCH3 is 1. The number of hydrogen-bond donors (Lipinski definition) is 1. The molecule has 0 radical (unpaired) electrons. The van der Waals surface area contributed by atoms with Gasteiger partial charge in [0.2, 0.25) is 0 Å². The van der Waals surface area contributed by atoms with Gasteiger partial charge in [-0.1, -0.05) is 29.3 Å². The summed E-state index contributed by atoms with van der Waals surface area (Å²) in [5.74, 6) is 0.250. The molecule has 2 rings (SSSR count). The van der Waals surface area contributed by atoms with E-state index in [0.717, 1.165) is 0 Å². The molecular weight excluding hydrogens is 277 g/mol. The largest absolute Gasteiger partial charge is 0.487 e. The minimum absolute atomic E-state index is 0.120. The maximum absolute atomic E-state index is 11.3. The molecule has 0 aliphatic carbocycles. The molecule has 2 atom stereocenters. The van der Waals surface area contributed by atoms with Crippen LogP contribution in [-0.2, 0) is 9.53 Å². The van der Waals surface area contributed by atoms with E-state index in [1.54, 1.807) is 18.2 Å². The van der Waals surface area contributed by atoms with Crippen LogP contribution in [-0.4, -0.2) is 31.8 Å². The monoisotopic (exact) mass is 289 g/mol. The summed E-state index contributed by atoms with van der Waals surface area (Å²) < 4.78 is 10.4. The number of carbonyl (C=O) groups excluding carboxylic acids is 1. The Balaban J connectivity index is 1.99. The average molecular weight is 290 g/mol. The lowest BCUT2D eigenvalue weighted by molar-refractivity contribution is -0.142. The van der Waals surface area contributed by atoms with Crippen LogP contribution in [0.4, 0.5) is 0 Å². The maximum atomic E-state index is 11.3. The van der Waals surface area contributed by atoms with E-state index >= 15 is 0 Å². The average Bonchev–Trinajstić information content (AvgIpc) is 2.82. The fraction of sp³-hybridized carbons (Fsp3) is 0.417. The third kappa shape index (κ3) is 2.88. The molecule has 18 heavy (non-hydrogen) atoms. The van der Waals surface area contributed by atoms with Gasteiger partial charge in [-0.2, -0.15) is 0 Å². The summed E-state index contributed by atoms with van der Waals surface area (Å²) in [6, 6.07) is 4.89. The molecule has 1 heterocycles. The molecule has 1 N–H and O–H groups in total. The Morgan fingerprint density at radius 1 is 1.44 bits per heavy atom. The molecule has 1 saturated heterocycles. The van der Waals surface area contributed by atoms with E-state index in [9.17, 15) is 4.79 Å². The first-order valence-electron chi connectivity index (χ1n) is 5.53. The molecule has 1 aliphatic heterocycles. The first-order chi connectivity index (χ1) is 8.61. The highest BCUT2D eigenvalue weighted by Gasteiger charge is 2.31. The van der Waals surface area contributed by atoms with E-state index in [1.807, 2.05) is 0 Å². The van der Waals surface area contributed by atoms with Crippen molar-refractivity contribution in [2.24, 2.45) is 0 Å². The highest BCUT2D eigenvalue weighted by molar-refractivity contribution is 6.42. The van der Waals surface area contributed by atoms with E-state index in [1.165, 1.54) is 7.11 Å². The van der Waals surface area contributed by atoms with Crippen molar-refractivity contribution in [3.63, 3.8) is 0 Å². The fourth-order valence-corrected chi connectivity index (χ4v) is 2.21. The van der Waals surface area contributed by atoms with Gasteiger partial charge in [-0.05, 0) is 12.1 Å². The zero-order valence-corrected chi connectivity index (χ0v) is 11.3. The summed E-state index contributed by atoms with van der Waals surface area (Å²) in [6.07, 6.45) is 0.431. The van der Waals surface area contributed by atoms with E-state index < -0.39 is 0 Å². The first kappa shape index (κ1) is 13.5. The Labute approximate surface area is 115 Å². The maximum Gasteiger partial charge on any atom is 0.323 e. The lowest BCUT2D eigenvalue weighted by Crippen LogP contribution is -2.31. The quantitative estimate of drug-likeness (QED) is 0.868. The Morgan fingerprint density at radius 2 is 2.22 bits per heavy atom. The number of halogens is 2. The molecule has 0 spiro atoms. The standard InChI is InChI=1S/C12H13Cl2NO3/c1-17-12(16)9-5-7(6-15-9)18-10-4-2-3-8(13)11(10)14/h2-4,7,9,15H,5-6H2,1H3/t7-,9-/m0/s1. The van der Waals surface area contributed by atoms with Gasteiger partial charge in [0.25, 0.3) is 0 Å².